The maximum absolute atomic E-state index is 12.1. The van der Waals surface area contributed by atoms with Crippen LogP contribution >= 0.6 is 15.9 Å². The number of carbonyl (C=O) groups excluding carboxylic acids is 1. The van der Waals surface area contributed by atoms with Gasteiger partial charge in [-0.05, 0) is 24.3 Å². The van der Waals surface area contributed by atoms with E-state index in [2.05, 4.69) is 21.2 Å². The van der Waals surface area contributed by atoms with Gasteiger partial charge in [-0.3, -0.25) is 14.9 Å². The standard InChI is InChI=1S/C13H9BrN2O5/c14-7-4-5-10(17)8(6-7)13(19)15-12-9(16(20)21)2-1-3-11(12)18/h1-6,17-18H,(H,15,19). The Morgan fingerprint density at radius 3 is 2.57 bits per heavy atom. The molecule has 0 radical (unpaired) electrons. The molecular formula is C13H9BrN2O5. The first-order valence-electron chi connectivity index (χ1n) is 5.66. The molecule has 1 amide bonds. The van der Waals surface area contributed by atoms with Crippen molar-refractivity contribution in [2.45, 2.75) is 0 Å². The maximum atomic E-state index is 12.1. The van der Waals surface area contributed by atoms with Crippen molar-refractivity contribution in [3.05, 3.63) is 56.5 Å². The molecule has 2 rings (SSSR count). The number of aromatic hydroxyl groups is 2. The number of benzene rings is 2. The summed E-state index contributed by atoms with van der Waals surface area (Å²) in [5, 5.41) is 32.5. The number of phenolic OH excluding ortho intramolecular Hbond substituents is 2. The van der Waals surface area contributed by atoms with Crippen LogP contribution in [-0.2, 0) is 0 Å². The van der Waals surface area contributed by atoms with E-state index in [4.69, 9.17) is 0 Å². The minimum atomic E-state index is -0.779. The number of nitrogens with zero attached hydrogens (tertiary/aromatic N) is 1. The van der Waals surface area contributed by atoms with Crippen molar-refractivity contribution in [3.63, 3.8) is 0 Å². The van der Waals surface area contributed by atoms with E-state index in [-0.39, 0.29) is 17.0 Å². The summed E-state index contributed by atoms with van der Waals surface area (Å²) in [6.07, 6.45) is 0. The second kappa shape index (κ2) is 5.80. The van der Waals surface area contributed by atoms with Crippen LogP contribution in [-0.4, -0.2) is 21.0 Å². The smallest absolute Gasteiger partial charge is 0.296 e. The quantitative estimate of drug-likeness (QED) is 0.446. The second-order valence-electron chi connectivity index (χ2n) is 4.04. The van der Waals surface area contributed by atoms with Gasteiger partial charge in [-0.1, -0.05) is 22.0 Å². The topological polar surface area (TPSA) is 113 Å². The summed E-state index contributed by atoms with van der Waals surface area (Å²) in [6.45, 7) is 0. The number of hydrogen-bond donors (Lipinski definition) is 3. The third-order valence-corrected chi connectivity index (χ3v) is 3.15. The monoisotopic (exact) mass is 352 g/mol. The van der Waals surface area contributed by atoms with E-state index in [1.54, 1.807) is 0 Å². The van der Waals surface area contributed by atoms with Gasteiger partial charge in [-0.25, -0.2) is 0 Å². The van der Waals surface area contributed by atoms with Crippen LogP contribution in [0.4, 0.5) is 11.4 Å². The van der Waals surface area contributed by atoms with Crippen LogP contribution in [0, 0.1) is 10.1 Å². The molecule has 21 heavy (non-hydrogen) atoms. The number of halogens is 1. The summed E-state index contributed by atoms with van der Waals surface area (Å²) >= 11 is 3.15. The molecule has 0 bridgehead atoms. The molecule has 0 saturated heterocycles. The van der Waals surface area contributed by atoms with Gasteiger partial charge < -0.3 is 15.5 Å². The predicted molar refractivity (Wildman–Crippen MR) is 78.5 cm³/mol. The highest BCUT2D eigenvalue weighted by Crippen LogP contribution is 2.34. The van der Waals surface area contributed by atoms with Crippen molar-refractivity contribution < 1.29 is 19.9 Å². The molecule has 7 nitrogen and oxygen atoms in total. The van der Waals surface area contributed by atoms with Gasteiger partial charge >= 0.3 is 0 Å². The Labute approximate surface area is 127 Å². The third-order valence-electron chi connectivity index (χ3n) is 2.66. The van der Waals surface area contributed by atoms with E-state index in [1.165, 1.54) is 30.3 Å². The zero-order valence-corrected chi connectivity index (χ0v) is 12.0. The minimum absolute atomic E-state index is 0.0815. The number of carbonyl (C=O) groups is 1. The zero-order valence-electron chi connectivity index (χ0n) is 10.4. The van der Waals surface area contributed by atoms with Gasteiger partial charge in [0.05, 0.1) is 10.5 Å². The van der Waals surface area contributed by atoms with Crippen molar-refractivity contribution in [2.24, 2.45) is 0 Å². The molecule has 108 valence electrons. The second-order valence-corrected chi connectivity index (χ2v) is 4.96. The van der Waals surface area contributed by atoms with Crippen LogP contribution < -0.4 is 5.32 Å². The Bertz CT molecular complexity index is 732. The number of hydrogen-bond acceptors (Lipinski definition) is 5. The number of nitro groups is 1. The molecule has 0 atom stereocenters. The molecular weight excluding hydrogens is 344 g/mol. The average molecular weight is 353 g/mol. The number of para-hydroxylation sites is 1. The lowest BCUT2D eigenvalue weighted by atomic mass is 10.1. The van der Waals surface area contributed by atoms with Crippen LogP contribution in [0.25, 0.3) is 0 Å². The van der Waals surface area contributed by atoms with Gasteiger partial charge in [-0.2, -0.15) is 0 Å². The molecule has 0 aromatic heterocycles. The summed E-state index contributed by atoms with van der Waals surface area (Å²) in [5.74, 6) is -1.50. The van der Waals surface area contributed by atoms with E-state index in [0.717, 1.165) is 6.07 Å². The van der Waals surface area contributed by atoms with Crippen LogP contribution in [0.5, 0.6) is 11.5 Å². The maximum Gasteiger partial charge on any atom is 0.296 e. The van der Waals surface area contributed by atoms with E-state index in [9.17, 15) is 25.1 Å². The van der Waals surface area contributed by atoms with Gasteiger partial charge in [0.15, 0.2) is 5.69 Å². The molecule has 8 heteroatoms. The number of phenols is 2. The fraction of sp³-hybridized carbons (Fsp3) is 0. The highest BCUT2D eigenvalue weighted by molar-refractivity contribution is 9.10. The molecule has 2 aromatic rings. The first-order valence-corrected chi connectivity index (χ1v) is 6.45. The largest absolute Gasteiger partial charge is 0.507 e. The SMILES string of the molecule is O=C(Nc1c(O)cccc1[N+](=O)[O-])c1cc(Br)ccc1O. The number of nitro benzene ring substituents is 1. The number of nitrogens with one attached hydrogen (secondary N) is 1. The highest BCUT2D eigenvalue weighted by Gasteiger charge is 2.21. The summed E-state index contributed by atoms with van der Waals surface area (Å²) < 4.78 is 0.553. The van der Waals surface area contributed by atoms with Gasteiger partial charge in [0.2, 0.25) is 0 Å². The average Bonchev–Trinajstić information content (AvgIpc) is 2.43. The van der Waals surface area contributed by atoms with Gasteiger partial charge in [-0.15, -0.1) is 0 Å². The highest BCUT2D eigenvalue weighted by atomic mass is 79.9. The zero-order chi connectivity index (χ0) is 15.6. The Morgan fingerprint density at radius 2 is 1.90 bits per heavy atom. The van der Waals surface area contributed by atoms with E-state index in [1.807, 2.05) is 0 Å². The molecule has 2 aromatic carbocycles. The predicted octanol–water partition coefficient (Wildman–Crippen LogP) is 3.02. The summed E-state index contributed by atoms with van der Waals surface area (Å²) in [5.41, 5.74) is -0.855. The number of anilines is 1. The fourth-order valence-electron chi connectivity index (χ4n) is 1.68. The summed E-state index contributed by atoms with van der Waals surface area (Å²) in [6, 6.07) is 7.85. The molecule has 0 unspecified atom stereocenters. The van der Waals surface area contributed by atoms with Gasteiger partial charge in [0.1, 0.15) is 11.5 Å². The first-order chi connectivity index (χ1) is 9.90. The van der Waals surface area contributed by atoms with Crippen molar-refractivity contribution in [3.8, 4) is 11.5 Å². The van der Waals surface area contributed by atoms with E-state index < -0.39 is 22.3 Å². The third kappa shape index (κ3) is 3.11. The van der Waals surface area contributed by atoms with E-state index in [0.29, 0.717) is 4.47 Å². The van der Waals surface area contributed by atoms with Crippen molar-refractivity contribution in [2.75, 3.05) is 5.32 Å². The molecule has 0 fully saturated rings. The lowest BCUT2D eigenvalue weighted by Gasteiger charge is -2.09. The first kappa shape index (κ1) is 14.8. The van der Waals surface area contributed by atoms with Crippen molar-refractivity contribution >= 4 is 33.2 Å². The van der Waals surface area contributed by atoms with Crippen molar-refractivity contribution in [1.82, 2.24) is 0 Å². The van der Waals surface area contributed by atoms with E-state index >= 15 is 0 Å². The molecule has 0 aliphatic rings. The van der Waals surface area contributed by atoms with Crippen LogP contribution in [0.3, 0.4) is 0 Å². The number of amides is 1. The molecule has 0 aliphatic heterocycles. The summed E-state index contributed by atoms with van der Waals surface area (Å²) in [7, 11) is 0. The number of rotatable bonds is 3. The lowest BCUT2D eigenvalue weighted by Crippen LogP contribution is -2.13. The van der Waals surface area contributed by atoms with Gasteiger partial charge in [0.25, 0.3) is 11.6 Å². The van der Waals surface area contributed by atoms with Crippen LogP contribution in [0.15, 0.2) is 40.9 Å². The van der Waals surface area contributed by atoms with Crippen LogP contribution in [0.1, 0.15) is 10.4 Å². The molecule has 0 aliphatic carbocycles. The summed E-state index contributed by atoms with van der Waals surface area (Å²) in [4.78, 5) is 22.3. The van der Waals surface area contributed by atoms with Gasteiger partial charge in [0, 0.05) is 10.5 Å². The Hall–Kier alpha value is -2.61. The van der Waals surface area contributed by atoms with Crippen LogP contribution in [0.2, 0.25) is 0 Å². The Morgan fingerprint density at radius 1 is 1.19 bits per heavy atom. The lowest BCUT2D eigenvalue weighted by molar-refractivity contribution is -0.384. The fourth-order valence-corrected chi connectivity index (χ4v) is 2.04. The van der Waals surface area contributed by atoms with Crippen molar-refractivity contribution in [1.29, 1.82) is 0 Å². The Balaban J connectivity index is 2.41. The molecule has 0 heterocycles. The normalized spacial score (nSPS) is 10.1. The Kier molecular flexibility index (Phi) is 4.08. The molecule has 3 N–H and O–H groups in total. The minimum Gasteiger partial charge on any atom is -0.507 e. The molecule has 0 saturated carbocycles. The molecule has 0 spiro atoms.